The first-order valence-electron chi connectivity index (χ1n) is 9.76. The van der Waals surface area contributed by atoms with E-state index in [9.17, 15) is 18.5 Å². The number of non-ortho nitro benzene ring substituents is 1. The molecule has 9 heteroatoms. The van der Waals surface area contributed by atoms with Crippen molar-refractivity contribution in [1.29, 1.82) is 0 Å². The zero-order chi connectivity index (χ0) is 21.1. The van der Waals surface area contributed by atoms with Crippen molar-refractivity contribution in [3.63, 3.8) is 0 Å². The van der Waals surface area contributed by atoms with Gasteiger partial charge in [-0.1, -0.05) is 42.8 Å². The maximum absolute atomic E-state index is 13.5. The molecule has 1 fully saturated rings. The molecule has 0 bridgehead atoms. The van der Waals surface area contributed by atoms with E-state index in [-0.39, 0.29) is 16.3 Å². The number of hydrogen-bond donors (Lipinski definition) is 2. The second kappa shape index (κ2) is 8.29. The number of anilines is 2. The number of rotatable bonds is 5. The van der Waals surface area contributed by atoms with Crippen LogP contribution < -0.4 is 15.2 Å². The summed E-state index contributed by atoms with van der Waals surface area (Å²) in [5.41, 5.74) is 3.85. The van der Waals surface area contributed by atoms with Gasteiger partial charge in [0.1, 0.15) is 4.90 Å². The van der Waals surface area contributed by atoms with Crippen molar-refractivity contribution in [1.82, 2.24) is 5.43 Å². The average molecular weight is 426 g/mol. The van der Waals surface area contributed by atoms with Gasteiger partial charge in [0.2, 0.25) is 0 Å². The molecule has 4 rings (SSSR count). The molecule has 1 aliphatic rings. The third-order valence-corrected chi connectivity index (χ3v) is 6.56. The van der Waals surface area contributed by atoms with Crippen LogP contribution in [0.5, 0.6) is 0 Å². The fraction of sp³-hybridized carbons (Fsp3) is 0.238. The molecule has 0 aliphatic carbocycles. The van der Waals surface area contributed by atoms with E-state index in [1.165, 1.54) is 24.3 Å². The highest BCUT2D eigenvalue weighted by atomic mass is 32.2. The van der Waals surface area contributed by atoms with E-state index in [0.29, 0.717) is 17.6 Å². The van der Waals surface area contributed by atoms with Gasteiger partial charge in [-0.25, -0.2) is 13.8 Å². The lowest BCUT2D eigenvalue weighted by Crippen LogP contribution is -2.38. The summed E-state index contributed by atoms with van der Waals surface area (Å²) >= 11 is 0. The van der Waals surface area contributed by atoms with Gasteiger partial charge in [-0.3, -0.25) is 14.8 Å². The predicted octanol–water partition coefficient (Wildman–Crippen LogP) is 4.04. The standard InChI is InChI=1S/C21H22N4O4S/c26-25(27)18-9-6-8-17(15-18)23-30(28,29)21-19-10-3-2-7-16(19)11-12-20(21)24-14-5-1-4-13-22-24/h2-3,6-12,15,22-23H,1,4-5,13-14H2. The molecule has 0 radical (unpaired) electrons. The van der Waals surface area contributed by atoms with Gasteiger partial charge in [0.15, 0.2) is 0 Å². The van der Waals surface area contributed by atoms with Gasteiger partial charge in [0.25, 0.3) is 15.7 Å². The lowest BCUT2D eigenvalue weighted by molar-refractivity contribution is -0.384. The summed E-state index contributed by atoms with van der Waals surface area (Å²) in [5, 5.41) is 14.4. The van der Waals surface area contributed by atoms with Gasteiger partial charge in [0.05, 0.1) is 16.3 Å². The zero-order valence-corrected chi connectivity index (χ0v) is 17.1. The number of nitrogens with zero attached hydrogens (tertiary/aromatic N) is 2. The van der Waals surface area contributed by atoms with E-state index in [1.807, 2.05) is 29.3 Å². The Hall–Kier alpha value is -3.17. The molecule has 0 spiro atoms. The molecule has 0 unspecified atom stereocenters. The van der Waals surface area contributed by atoms with Crippen LogP contribution in [0, 0.1) is 10.1 Å². The van der Waals surface area contributed by atoms with Crippen molar-refractivity contribution >= 4 is 37.9 Å². The van der Waals surface area contributed by atoms with Crippen LogP contribution in [0.4, 0.5) is 17.1 Å². The summed E-state index contributed by atoms with van der Waals surface area (Å²) in [7, 11) is -4.03. The Kier molecular flexibility index (Phi) is 5.56. The summed E-state index contributed by atoms with van der Waals surface area (Å²) in [4.78, 5) is 10.7. The lowest BCUT2D eigenvalue weighted by atomic mass is 10.1. The van der Waals surface area contributed by atoms with E-state index >= 15 is 0 Å². The van der Waals surface area contributed by atoms with Gasteiger partial charge in [-0.05, 0) is 30.4 Å². The van der Waals surface area contributed by atoms with E-state index < -0.39 is 14.9 Å². The maximum Gasteiger partial charge on any atom is 0.271 e. The molecule has 30 heavy (non-hydrogen) atoms. The molecule has 156 valence electrons. The molecule has 1 saturated heterocycles. The van der Waals surface area contributed by atoms with Crippen LogP contribution in [0.3, 0.4) is 0 Å². The number of benzene rings is 3. The van der Waals surface area contributed by atoms with Gasteiger partial charge >= 0.3 is 0 Å². The quantitative estimate of drug-likeness (QED) is 0.471. The van der Waals surface area contributed by atoms with Gasteiger partial charge in [-0.15, -0.1) is 0 Å². The summed E-state index contributed by atoms with van der Waals surface area (Å²) in [6, 6.07) is 16.5. The number of sulfonamides is 1. The number of fused-ring (bicyclic) bond motifs is 1. The minimum absolute atomic E-state index is 0.145. The van der Waals surface area contributed by atoms with Crippen LogP contribution in [-0.2, 0) is 10.0 Å². The fourth-order valence-corrected chi connectivity index (χ4v) is 5.15. The summed E-state index contributed by atoms with van der Waals surface area (Å²) < 4.78 is 29.6. The fourth-order valence-electron chi connectivity index (χ4n) is 3.69. The van der Waals surface area contributed by atoms with E-state index in [4.69, 9.17) is 0 Å². The number of hydrazine groups is 1. The number of nitro benzene ring substituents is 1. The molecule has 3 aromatic carbocycles. The molecule has 3 aromatic rings. The highest BCUT2D eigenvalue weighted by molar-refractivity contribution is 7.93. The van der Waals surface area contributed by atoms with Crippen LogP contribution in [0.25, 0.3) is 10.8 Å². The molecule has 8 nitrogen and oxygen atoms in total. The SMILES string of the molecule is O=[N+]([O-])c1cccc(NS(=O)(=O)c2c(N3CCCCCN3)ccc3ccccc23)c1. The van der Waals surface area contributed by atoms with Gasteiger partial charge in [0, 0.05) is 30.6 Å². The Bertz CT molecular complexity index is 1190. The molecule has 0 amide bonds. The molecule has 0 atom stereocenters. The normalized spacial score (nSPS) is 15.0. The topological polar surface area (TPSA) is 105 Å². The van der Waals surface area contributed by atoms with Gasteiger partial charge in [-0.2, -0.15) is 0 Å². The number of nitro groups is 1. The minimum Gasteiger partial charge on any atom is -0.307 e. The summed E-state index contributed by atoms with van der Waals surface area (Å²) in [6.07, 6.45) is 3.06. The molecular weight excluding hydrogens is 404 g/mol. The second-order valence-electron chi connectivity index (χ2n) is 7.17. The van der Waals surface area contributed by atoms with E-state index in [1.54, 1.807) is 12.1 Å². The van der Waals surface area contributed by atoms with E-state index in [2.05, 4.69) is 10.1 Å². The highest BCUT2D eigenvalue weighted by Crippen LogP contribution is 2.34. The first-order chi connectivity index (χ1) is 14.5. The highest BCUT2D eigenvalue weighted by Gasteiger charge is 2.26. The molecule has 0 saturated carbocycles. The summed E-state index contributed by atoms with van der Waals surface area (Å²) in [5.74, 6) is 0. The van der Waals surface area contributed by atoms with Crippen molar-refractivity contribution < 1.29 is 13.3 Å². The van der Waals surface area contributed by atoms with Gasteiger partial charge < -0.3 is 5.01 Å². The minimum atomic E-state index is -4.03. The van der Waals surface area contributed by atoms with Crippen molar-refractivity contribution in [2.75, 3.05) is 22.8 Å². The summed E-state index contributed by atoms with van der Waals surface area (Å²) in [6.45, 7) is 1.46. The van der Waals surface area contributed by atoms with Crippen molar-refractivity contribution in [2.24, 2.45) is 0 Å². The Morgan fingerprint density at radius 3 is 2.67 bits per heavy atom. The second-order valence-corrected chi connectivity index (χ2v) is 8.79. The van der Waals surface area contributed by atoms with Crippen LogP contribution in [-0.4, -0.2) is 26.4 Å². The molecule has 1 aliphatic heterocycles. The van der Waals surface area contributed by atoms with E-state index in [0.717, 1.165) is 31.2 Å². The molecule has 2 N–H and O–H groups in total. The average Bonchev–Trinajstić information content (AvgIpc) is 3.02. The Morgan fingerprint density at radius 1 is 1.00 bits per heavy atom. The molecular formula is C21H22N4O4S. The Balaban J connectivity index is 1.83. The van der Waals surface area contributed by atoms with Crippen molar-refractivity contribution in [3.05, 3.63) is 70.8 Å². The molecule has 1 heterocycles. The zero-order valence-electron chi connectivity index (χ0n) is 16.2. The van der Waals surface area contributed by atoms with Crippen LogP contribution in [0.2, 0.25) is 0 Å². The smallest absolute Gasteiger partial charge is 0.271 e. The Morgan fingerprint density at radius 2 is 1.83 bits per heavy atom. The number of nitrogens with one attached hydrogen (secondary N) is 2. The predicted molar refractivity (Wildman–Crippen MR) is 117 cm³/mol. The first kappa shape index (κ1) is 20.1. The largest absolute Gasteiger partial charge is 0.307 e. The van der Waals surface area contributed by atoms with Crippen LogP contribution >= 0.6 is 0 Å². The van der Waals surface area contributed by atoms with Crippen LogP contribution in [0.15, 0.2) is 65.6 Å². The number of hydrogen-bond acceptors (Lipinski definition) is 6. The maximum atomic E-state index is 13.5. The van der Waals surface area contributed by atoms with Crippen LogP contribution in [0.1, 0.15) is 19.3 Å². The van der Waals surface area contributed by atoms with Crippen molar-refractivity contribution in [2.45, 2.75) is 24.2 Å². The monoisotopic (exact) mass is 426 g/mol. The van der Waals surface area contributed by atoms with Crippen molar-refractivity contribution in [3.8, 4) is 0 Å². The Labute approximate surface area is 174 Å². The third-order valence-electron chi connectivity index (χ3n) is 5.09. The lowest BCUT2D eigenvalue weighted by Gasteiger charge is -2.26. The molecule has 0 aromatic heterocycles. The third kappa shape index (κ3) is 4.07. The first-order valence-corrected chi connectivity index (χ1v) is 11.2.